The van der Waals surface area contributed by atoms with Gasteiger partial charge in [0.25, 0.3) is 5.78 Å². The molecule has 0 saturated carbocycles. The number of benzene rings is 2. The van der Waals surface area contributed by atoms with Gasteiger partial charge in [0.05, 0.1) is 24.8 Å². The molecule has 8 nitrogen and oxygen atoms in total. The van der Waals surface area contributed by atoms with Crippen molar-refractivity contribution in [3.63, 3.8) is 0 Å². The molecule has 0 amide bonds. The molecule has 2 aromatic carbocycles. The van der Waals surface area contributed by atoms with Crippen LogP contribution in [-0.2, 0) is 0 Å². The van der Waals surface area contributed by atoms with E-state index in [0.717, 1.165) is 45.0 Å². The number of ether oxygens (including phenoxy) is 2. The maximum atomic E-state index is 5.80. The molecule has 30 heavy (non-hydrogen) atoms. The summed E-state index contributed by atoms with van der Waals surface area (Å²) in [4.78, 5) is 0. The van der Waals surface area contributed by atoms with Gasteiger partial charge in [-0.1, -0.05) is 23.9 Å². The third kappa shape index (κ3) is 3.06. The van der Waals surface area contributed by atoms with E-state index in [1.54, 1.807) is 18.9 Å². The number of nitrogens with zero attached hydrogens (tertiary/aromatic N) is 6. The van der Waals surface area contributed by atoms with E-state index in [1.165, 1.54) is 0 Å². The van der Waals surface area contributed by atoms with Crippen molar-refractivity contribution in [1.29, 1.82) is 0 Å². The van der Waals surface area contributed by atoms with E-state index in [2.05, 4.69) is 45.1 Å². The molecule has 0 fully saturated rings. The molecule has 0 N–H and O–H groups in total. The number of rotatable bonds is 7. The zero-order chi connectivity index (χ0) is 20.7. The van der Waals surface area contributed by atoms with Crippen LogP contribution >= 0.6 is 11.8 Å². The zero-order valence-corrected chi connectivity index (χ0v) is 17.8. The van der Waals surface area contributed by atoms with E-state index >= 15 is 0 Å². The minimum absolute atomic E-state index is 0.279. The molecule has 0 spiro atoms. The fourth-order valence-electron chi connectivity index (χ4n) is 3.61. The van der Waals surface area contributed by atoms with Gasteiger partial charge >= 0.3 is 0 Å². The fraction of sp³-hybridized carbons (Fsp3) is 0.286. The van der Waals surface area contributed by atoms with Crippen LogP contribution in [0.2, 0.25) is 0 Å². The predicted molar refractivity (Wildman–Crippen MR) is 117 cm³/mol. The Morgan fingerprint density at radius 3 is 2.40 bits per heavy atom. The molecule has 5 aromatic rings. The Morgan fingerprint density at radius 1 is 0.933 bits per heavy atom. The second-order valence-electron chi connectivity index (χ2n) is 7.15. The first kappa shape index (κ1) is 18.8. The number of thioether (sulfide) groups is 1. The predicted octanol–water partition coefficient (Wildman–Crippen LogP) is 4.09. The van der Waals surface area contributed by atoms with Crippen LogP contribution < -0.4 is 9.47 Å². The standard InChI is InChI=1S/C21H22N6O2S/c1-14(2)25-17-6-4-5-7-18(17)26-19-22-23-21(27(19)24-20(25)26)30-13-12-29-16-10-8-15(28-3)9-11-16/h4-11,14H,12-13H2,1-3H3. The second kappa shape index (κ2) is 7.56. The lowest BCUT2D eigenvalue weighted by atomic mass is 10.3. The van der Waals surface area contributed by atoms with Crippen molar-refractivity contribution in [2.75, 3.05) is 19.5 Å². The molecule has 3 heterocycles. The number of para-hydroxylation sites is 2. The van der Waals surface area contributed by atoms with E-state index in [1.807, 2.05) is 40.9 Å². The van der Waals surface area contributed by atoms with E-state index < -0.39 is 0 Å². The largest absolute Gasteiger partial charge is 0.497 e. The van der Waals surface area contributed by atoms with Crippen LogP contribution in [0.15, 0.2) is 53.7 Å². The lowest BCUT2D eigenvalue weighted by Crippen LogP contribution is -2.03. The first-order chi connectivity index (χ1) is 14.7. The van der Waals surface area contributed by atoms with Crippen molar-refractivity contribution in [3.8, 4) is 11.5 Å². The normalized spacial score (nSPS) is 11.9. The lowest BCUT2D eigenvalue weighted by Gasteiger charge is -2.08. The van der Waals surface area contributed by atoms with Gasteiger partial charge < -0.3 is 14.0 Å². The second-order valence-corrected chi connectivity index (χ2v) is 8.22. The zero-order valence-electron chi connectivity index (χ0n) is 17.0. The smallest absolute Gasteiger partial charge is 0.260 e. The van der Waals surface area contributed by atoms with E-state index in [4.69, 9.17) is 14.6 Å². The van der Waals surface area contributed by atoms with Gasteiger partial charge in [-0.2, -0.15) is 4.52 Å². The Kier molecular flexibility index (Phi) is 4.74. The number of aromatic nitrogens is 6. The maximum absolute atomic E-state index is 5.80. The summed E-state index contributed by atoms with van der Waals surface area (Å²) in [6.45, 7) is 4.88. The SMILES string of the molecule is COc1ccc(OCCSc2nnc3n2nc2n(C(C)C)c4ccccc4n23)cc1. The number of fused-ring (bicyclic) bond motifs is 5. The summed E-state index contributed by atoms with van der Waals surface area (Å²) >= 11 is 1.58. The summed E-state index contributed by atoms with van der Waals surface area (Å²) in [7, 11) is 1.65. The number of hydrogen-bond acceptors (Lipinski definition) is 6. The van der Waals surface area contributed by atoms with Gasteiger partial charge in [-0.25, -0.2) is 4.40 Å². The van der Waals surface area contributed by atoms with Gasteiger partial charge in [0, 0.05) is 11.8 Å². The summed E-state index contributed by atoms with van der Waals surface area (Å²) in [5.74, 6) is 3.95. The molecule has 0 aliphatic carbocycles. The van der Waals surface area contributed by atoms with E-state index in [-0.39, 0.29) is 6.04 Å². The molecule has 0 aliphatic rings. The van der Waals surface area contributed by atoms with Crippen molar-refractivity contribution < 1.29 is 9.47 Å². The Hall–Kier alpha value is -3.20. The van der Waals surface area contributed by atoms with Crippen LogP contribution in [0.4, 0.5) is 0 Å². The van der Waals surface area contributed by atoms with Crippen LogP contribution in [0.5, 0.6) is 11.5 Å². The van der Waals surface area contributed by atoms with Crippen LogP contribution in [0.3, 0.4) is 0 Å². The average molecular weight is 423 g/mol. The Bertz CT molecular complexity index is 1320. The van der Waals surface area contributed by atoms with E-state index in [9.17, 15) is 0 Å². The fourth-order valence-corrected chi connectivity index (χ4v) is 4.30. The van der Waals surface area contributed by atoms with E-state index in [0.29, 0.717) is 6.61 Å². The Morgan fingerprint density at radius 2 is 1.67 bits per heavy atom. The Labute approximate surface area is 177 Å². The molecule has 0 bridgehead atoms. The third-order valence-electron chi connectivity index (χ3n) is 4.94. The van der Waals surface area contributed by atoms with Gasteiger partial charge in [-0.3, -0.25) is 0 Å². The first-order valence-corrected chi connectivity index (χ1v) is 10.8. The molecule has 5 rings (SSSR count). The highest BCUT2D eigenvalue weighted by atomic mass is 32.2. The minimum atomic E-state index is 0.279. The van der Waals surface area contributed by atoms with Crippen molar-refractivity contribution >= 4 is 34.4 Å². The van der Waals surface area contributed by atoms with Gasteiger partial charge in [0.1, 0.15) is 11.5 Å². The van der Waals surface area contributed by atoms with Crippen LogP contribution in [0.1, 0.15) is 19.9 Å². The highest BCUT2D eigenvalue weighted by Crippen LogP contribution is 2.27. The van der Waals surface area contributed by atoms with Gasteiger partial charge in [-0.05, 0) is 50.2 Å². The topological polar surface area (TPSA) is 70.9 Å². The number of methoxy groups -OCH3 is 1. The van der Waals surface area contributed by atoms with Crippen LogP contribution in [0.25, 0.3) is 22.6 Å². The summed E-state index contributed by atoms with van der Waals surface area (Å²) in [5, 5.41) is 14.3. The highest BCUT2D eigenvalue weighted by Gasteiger charge is 2.21. The van der Waals surface area contributed by atoms with Crippen molar-refractivity contribution in [1.82, 2.24) is 28.8 Å². The van der Waals surface area contributed by atoms with Gasteiger partial charge in [-0.15, -0.1) is 15.3 Å². The van der Waals surface area contributed by atoms with Gasteiger partial charge in [0.15, 0.2) is 0 Å². The first-order valence-electron chi connectivity index (χ1n) is 9.80. The summed E-state index contributed by atoms with van der Waals surface area (Å²) < 4.78 is 17.1. The molecule has 0 radical (unpaired) electrons. The lowest BCUT2D eigenvalue weighted by molar-refractivity contribution is 0.342. The minimum Gasteiger partial charge on any atom is -0.497 e. The van der Waals surface area contributed by atoms with Crippen LogP contribution in [-0.4, -0.2) is 48.2 Å². The summed E-state index contributed by atoms with van der Waals surface area (Å²) in [6, 6.07) is 16.1. The molecular formula is C21H22N6O2S. The van der Waals surface area contributed by atoms with Crippen molar-refractivity contribution in [2.24, 2.45) is 0 Å². The van der Waals surface area contributed by atoms with Crippen LogP contribution in [0, 0.1) is 0 Å². The van der Waals surface area contributed by atoms with Crippen molar-refractivity contribution in [2.45, 2.75) is 25.0 Å². The maximum Gasteiger partial charge on any atom is 0.260 e. The molecule has 0 atom stereocenters. The van der Waals surface area contributed by atoms with Crippen molar-refractivity contribution in [3.05, 3.63) is 48.5 Å². The molecular weight excluding hydrogens is 400 g/mol. The Balaban J connectivity index is 1.38. The average Bonchev–Trinajstić information content (AvgIpc) is 3.40. The number of hydrogen-bond donors (Lipinski definition) is 0. The number of imidazole rings is 1. The molecule has 154 valence electrons. The molecule has 3 aromatic heterocycles. The quantitative estimate of drug-likeness (QED) is 0.291. The third-order valence-corrected chi connectivity index (χ3v) is 5.83. The summed E-state index contributed by atoms with van der Waals surface area (Å²) in [6.07, 6.45) is 0. The summed E-state index contributed by atoms with van der Waals surface area (Å²) in [5.41, 5.74) is 2.22. The molecule has 0 aliphatic heterocycles. The molecule has 0 saturated heterocycles. The monoisotopic (exact) mass is 422 g/mol. The highest BCUT2D eigenvalue weighted by molar-refractivity contribution is 7.99. The van der Waals surface area contributed by atoms with Gasteiger partial charge in [0.2, 0.25) is 10.9 Å². The molecule has 9 heteroatoms. The molecule has 0 unspecified atom stereocenters.